The number of fused-ring (bicyclic) bond motifs is 2. The first kappa shape index (κ1) is 15.8. The summed E-state index contributed by atoms with van der Waals surface area (Å²) in [5.41, 5.74) is 4.25. The molecule has 0 bridgehead atoms. The molecule has 0 radical (unpaired) electrons. The first-order chi connectivity index (χ1) is 12.3. The number of carbonyl (C=O) groups is 1. The molecule has 0 atom stereocenters. The smallest absolute Gasteiger partial charge is 0.253 e. The molecule has 0 saturated carbocycles. The van der Waals surface area contributed by atoms with Crippen molar-refractivity contribution in [1.29, 1.82) is 0 Å². The van der Waals surface area contributed by atoms with Crippen molar-refractivity contribution in [2.75, 3.05) is 19.6 Å². The number of amides is 1. The fourth-order valence-electron chi connectivity index (χ4n) is 3.46. The van der Waals surface area contributed by atoms with Crippen molar-refractivity contribution >= 4 is 16.8 Å². The Labute approximate surface area is 147 Å². The molecule has 0 spiro atoms. The predicted molar refractivity (Wildman–Crippen MR) is 99.5 cm³/mol. The van der Waals surface area contributed by atoms with E-state index < -0.39 is 0 Å². The Balaban J connectivity index is 1.37. The van der Waals surface area contributed by atoms with E-state index in [1.165, 1.54) is 11.1 Å². The van der Waals surface area contributed by atoms with Crippen LogP contribution in [-0.2, 0) is 13.0 Å². The van der Waals surface area contributed by atoms with E-state index in [4.69, 9.17) is 0 Å². The van der Waals surface area contributed by atoms with E-state index in [2.05, 4.69) is 39.5 Å². The SMILES string of the molecule is O=C(NCCN1CCc2ccccc2C1)c1cccc2cccnc12. The second kappa shape index (κ2) is 7.03. The third-order valence-corrected chi connectivity index (χ3v) is 4.80. The Morgan fingerprint density at radius 1 is 1.04 bits per heavy atom. The van der Waals surface area contributed by atoms with Crippen LogP contribution < -0.4 is 5.32 Å². The topological polar surface area (TPSA) is 45.2 Å². The molecule has 2 heterocycles. The van der Waals surface area contributed by atoms with Crippen molar-refractivity contribution in [1.82, 2.24) is 15.2 Å². The highest BCUT2D eigenvalue weighted by Crippen LogP contribution is 2.18. The highest BCUT2D eigenvalue weighted by molar-refractivity contribution is 6.05. The Bertz CT molecular complexity index is 901. The molecule has 0 aliphatic carbocycles. The van der Waals surface area contributed by atoms with Crippen LogP contribution in [0.15, 0.2) is 60.8 Å². The van der Waals surface area contributed by atoms with E-state index >= 15 is 0 Å². The number of aromatic nitrogens is 1. The van der Waals surface area contributed by atoms with Gasteiger partial charge in [-0.15, -0.1) is 0 Å². The summed E-state index contributed by atoms with van der Waals surface area (Å²) in [6.07, 6.45) is 2.81. The minimum absolute atomic E-state index is 0.0540. The van der Waals surface area contributed by atoms with Gasteiger partial charge in [0.15, 0.2) is 0 Å². The lowest BCUT2D eigenvalue weighted by Gasteiger charge is -2.28. The first-order valence-corrected chi connectivity index (χ1v) is 8.72. The van der Waals surface area contributed by atoms with Gasteiger partial charge in [0.1, 0.15) is 0 Å². The molecule has 3 aromatic rings. The monoisotopic (exact) mass is 331 g/mol. The molecule has 25 heavy (non-hydrogen) atoms. The molecule has 1 amide bonds. The summed E-state index contributed by atoms with van der Waals surface area (Å²) in [7, 11) is 0. The second-order valence-corrected chi connectivity index (χ2v) is 6.43. The van der Waals surface area contributed by atoms with Gasteiger partial charge in [0.2, 0.25) is 0 Å². The number of carbonyl (C=O) groups excluding carboxylic acids is 1. The molecule has 4 nitrogen and oxygen atoms in total. The average Bonchev–Trinajstić information content (AvgIpc) is 2.67. The molecule has 0 unspecified atom stereocenters. The molecule has 1 aromatic heterocycles. The third kappa shape index (κ3) is 3.39. The summed E-state index contributed by atoms with van der Waals surface area (Å²) in [4.78, 5) is 19.3. The van der Waals surface area contributed by atoms with E-state index in [-0.39, 0.29) is 5.91 Å². The molecular formula is C21H21N3O. The van der Waals surface area contributed by atoms with E-state index in [0.29, 0.717) is 12.1 Å². The Morgan fingerprint density at radius 2 is 1.88 bits per heavy atom. The van der Waals surface area contributed by atoms with Crippen molar-refractivity contribution in [3.8, 4) is 0 Å². The van der Waals surface area contributed by atoms with Crippen molar-refractivity contribution in [2.24, 2.45) is 0 Å². The summed E-state index contributed by atoms with van der Waals surface area (Å²) in [5.74, 6) is -0.0540. The summed E-state index contributed by atoms with van der Waals surface area (Å²) in [6.45, 7) is 3.51. The zero-order chi connectivity index (χ0) is 17.1. The number of para-hydroxylation sites is 1. The van der Waals surface area contributed by atoms with Crippen molar-refractivity contribution in [2.45, 2.75) is 13.0 Å². The van der Waals surface area contributed by atoms with Gasteiger partial charge in [0.05, 0.1) is 11.1 Å². The number of benzene rings is 2. The van der Waals surface area contributed by atoms with Crippen LogP contribution in [0.5, 0.6) is 0 Å². The standard InChI is InChI=1S/C21H21N3O/c25-21(19-9-3-7-17-8-4-11-22-20(17)19)23-12-14-24-13-10-16-5-1-2-6-18(16)15-24/h1-9,11H,10,12-15H2,(H,23,25). The summed E-state index contributed by atoms with van der Waals surface area (Å²) < 4.78 is 0. The van der Waals surface area contributed by atoms with Gasteiger partial charge in [-0.2, -0.15) is 0 Å². The van der Waals surface area contributed by atoms with Crippen LogP contribution in [0.25, 0.3) is 10.9 Å². The van der Waals surface area contributed by atoms with Crippen LogP contribution in [0.4, 0.5) is 0 Å². The molecule has 4 rings (SSSR count). The van der Waals surface area contributed by atoms with Gasteiger partial charge in [-0.3, -0.25) is 14.7 Å². The van der Waals surface area contributed by atoms with Gasteiger partial charge >= 0.3 is 0 Å². The maximum Gasteiger partial charge on any atom is 0.253 e. The fraction of sp³-hybridized carbons (Fsp3) is 0.238. The zero-order valence-corrected chi connectivity index (χ0v) is 14.1. The maximum absolute atomic E-state index is 12.5. The van der Waals surface area contributed by atoms with Crippen LogP contribution in [0.2, 0.25) is 0 Å². The second-order valence-electron chi connectivity index (χ2n) is 6.43. The molecule has 0 saturated heterocycles. The molecule has 1 aliphatic rings. The summed E-state index contributed by atoms with van der Waals surface area (Å²) in [6, 6.07) is 18.2. The third-order valence-electron chi connectivity index (χ3n) is 4.80. The normalized spacial score (nSPS) is 14.2. The van der Waals surface area contributed by atoms with E-state index in [1.807, 2.05) is 30.3 Å². The Kier molecular flexibility index (Phi) is 4.44. The Hall–Kier alpha value is -2.72. The summed E-state index contributed by atoms with van der Waals surface area (Å²) in [5, 5.41) is 4.03. The quantitative estimate of drug-likeness (QED) is 0.799. The number of pyridine rings is 1. The van der Waals surface area contributed by atoms with E-state index in [1.54, 1.807) is 6.20 Å². The highest BCUT2D eigenvalue weighted by Gasteiger charge is 2.16. The molecular weight excluding hydrogens is 310 g/mol. The van der Waals surface area contributed by atoms with Crippen molar-refractivity contribution < 1.29 is 4.79 Å². The van der Waals surface area contributed by atoms with Gasteiger partial charge in [-0.25, -0.2) is 0 Å². The Morgan fingerprint density at radius 3 is 2.80 bits per heavy atom. The average molecular weight is 331 g/mol. The van der Waals surface area contributed by atoms with Gasteiger partial charge < -0.3 is 5.32 Å². The van der Waals surface area contributed by atoms with E-state index in [0.717, 1.165) is 37.0 Å². The zero-order valence-electron chi connectivity index (χ0n) is 14.1. The number of nitrogens with one attached hydrogen (secondary N) is 1. The minimum atomic E-state index is -0.0540. The lowest BCUT2D eigenvalue weighted by molar-refractivity contribution is 0.0949. The van der Waals surface area contributed by atoms with Crippen molar-refractivity contribution in [3.63, 3.8) is 0 Å². The number of nitrogens with zero attached hydrogens (tertiary/aromatic N) is 2. The van der Waals surface area contributed by atoms with Crippen LogP contribution in [0.1, 0.15) is 21.5 Å². The number of rotatable bonds is 4. The maximum atomic E-state index is 12.5. The lowest BCUT2D eigenvalue weighted by atomic mass is 10.00. The highest BCUT2D eigenvalue weighted by atomic mass is 16.1. The van der Waals surface area contributed by atoms with Crippen LogP contribution in [0, 0.1) is 0 Å². The largest absolute Gasteiger partial charge is 0.351 e. The predicted octanol–water partition coefficient (Wildman–Crippen LogP) is 3.02. The molecule has 126 valence electrons. The van der Waals surface area contributed by atoms with E-state index in [9.17, 15) is 4.79 Å². The van der Waals surface area contributed by atoms with Crippen LogP contribution >= 0.6 is 0 Å². The van der Waals surface area contributed by atoms with Gasteiger partial charge in [0.25, 0.3) is 5.91 Å². The van der Waals surface area contributed by atoms with Crippen LogP contribution in [0.3, 0.4) is 0 Å². The first-order valence-electron chi connectivity index (χ1n) is 8.72. The molecule has 0 fully saturated rings. The fourth-order valence-corrected chi connectivity index (χ4v) is 3.46. The molecule has 1 aliphatic heterocycles. The van der Waals surface area contributed by atoms with Gasteiger partial charge in [-0.1, -0.05) is 42.5 Å². The minimum Gasteiger partial charge on any atom is -0.351 e. The molecule has 1 N–H and O–H groups in total. The van der Waals surface area contributed by atoms with Crippen molar-refractivity contribution in [3.05, 3.63) is 77.5 Å². The molecule has 4 heteroatoms. The molecule has 2 aromatic carbocycles. The number of hydrogen-bond acceptors (Lipinski definition) is 3. The summed E-state index contributed by atoms with van der Waals surface area (Å²) >= 11 is 0. The lowest BCUT2D eigenvalue weighted by Crippen LogP contribution is -2.37. The number of hydrogen-bond donors (Lipinski definition) is 1. The van der Waals surface area contributed by atoms with Crippen LogP contribution in [-0.4, -0.2) is 35.4 Å². The van der Waals surface area contributed by atoms with Gasteiger partial charge in [0, 0.05) is 37.8 Å². The van der Waals surface area contributed by atoms with Gasteiger partial charge in [-0.05, 0) is 29.7 Å².